The van der Waals surface area contributed by atoms with Gasteiger partial charge in [-0.05, 0) is 31.9 Å². The number of nitrogens with one attached hydrogen (secondary N) is 3. The molecule has 1 aliphatic heterocycles. The molecular formula is C32H43N3O11. The molecule has 0 aromatic heterocycles. The average molecular weight is 646 g/mol. The van der Waals surface area contributed by atoms with Crippen LogP contribution in [-0.2, 0) is 51.2 Å². The molecule has 3 rings (SSSR count). The van der Waals surface area contributed by atoms with Gasteiger partial charge in [-0.2, -0.15) is 0 Å². The summed E-state index contributed by atoms with van der Waals surface area (Å²) in [5.41, 5.74) is 0.675. The van der Waals surface area contributed by atoms with Gasteiger partial charge in [-0.1, -0.05) is 60.7 Å². The van der Waals surface area contributed by atoms with Gasteiger partial charge in [-0.3, -0.25) is 9.59 Å². The van der Waals surface area contributed by atoms with Gasteiger partial charge in [0, 0.05) is 7.11 Å². The number of methoxy groups -OCH3 is 2. The normalized spacial score (nSPS) is 21.7. The zero-order valence-electron chi connectivity index (χ0n) is 26.6. The second-order valence-corrected chi connectivity index (χ2v) is 11.5. The van der Waals surface area contributed by atoms with Gasteiger partial charge in [0.2, 0.25) is 5.91 Å². The second kappa shape index (κ2) is 17.5. The van der Waals surface area contributed by atoms with Gasteiger partial charge in [0.25, 0.3) is 0 Å². The third-order valence-corrected chi connectivity index (χ3v) is 6.82. The van der Waals surface area contributed by atoms with Crippen molar-refractivity contribution >= 4 is 24.1 Å². The topological polar surface area (TPSA) is 180 Å². The maximum absolute atomic E-state index is 13.7. The minimum atomic E-state index is -1.44. The van der Waals surface area contributed by atoms with Gasteiger partial charge >= 0.3 is 18.2 Å². The molecule has 252 valence electrons. The molecular weight excluding hydrogens is 602 g/mol. The highest BCUT2D eigenvalue weighted by atomic mass is 16.7. The third-order valence-electron chi connectivity index (χ3n) is 6.82. The molecule has 1 heterocycles. The standard InChI is InChI=1S/C32H43N3O11/c1-32(2,3)46-31(40)35-26-27(43-18-20-12-8-6-9-13-20)25(23(17-36)45-29(26)42-5)34-28(38)22(16-24(37)41-4)33-30(39)44-19-21-14-10-7-11-15-21/h6-15,22-23,25-27,29,36H,16-19H2,1-5H3,(H,33,39)(H,34,38)(H,35,40)/t22-,23+,25+,26-,27+,29-/m0/s1. The summed E-state index contributed by atoms with van der Waals surface area (Å²) < 4.78 is 33.1. The number of esters is 1. The number of alkyl carbamates (subject to hydrolysis) is 2. The molecule has 0 radical (unpaired) electrons. The summed E-state index contributed by atoms with van der Waals surface area (Å²) >= 11 is 0. The monoisotopic (exact) mass is 645 g/mol. The van der Waals surface area contributed by atoms with E-state index in [9.17, 15) is 24.3 Å². The Kier molecular flexibility index (Phi) is 13.7. The first-order valence-corrected chi connectivity index (χ1v) is 14.7. The predicted octanol–water partition coefficient (Wildman–Crippen LogP) is 2.17. The Bertz CT molecular complexity index is 1270. The minimum absolute atomic E-state index is 0.0502. The highest BCUT2D eigenvalue weighted by Crippen LogP contribution is 2.26. The van der Waals surface area contributed by atoms with Crippen LogP contribution in [0.1, 0.15) is 38.3 Å². The Hall–Kier alpha value is -4.24. The van der Waals surface area contributed by atoms with Crippen LogP contribution in [0.2, 0.25) is 0 Å². The summed E-state index contributed by atoms with van der Waals surface area (Å²) in [4.78, 5) is 51.5. The molecule has 6 atom stereocenters. The van der Waals surface area contributed by atoms with Crippen LogP contribution in [0.15, 0.2) is 60.7 Å². The number of rotatable bonds is 13. The van der Waals surface area contributed by atoms with Crippen LogP contribution in [-0.4, -0.2) is 92.2 Å². The van der Waals surface area contributed by atoms with Crippen LogP contribution in [0.4, 0.5) is 9.59 Å². The quantitative estimate of drug-likeness (QED) is 0.185. The van der Waals surface area contributed by atoms with Gasteiger partial charge in [-0.25, -0.2) is 9.59 Å². The van der Waals surface area contributed by atoms with E-state index < -0.39 is 79.3 Å². The first kappa shape index (κ1) is 36.2. The SMILES string of the molecule is COC(=O)C[C@H](NC(=O)OCc1ccccc1)C(=O)N[C@H]1[C@@H](OCc2ccccc2)[C@H](NC(=O)OC(C)(C)C)[C@@H](OC)O[C@@H]1CO. The fourth-order valence-corrected chi connectivity index (χ4v) is 4.66. The molecule has 0 unspecified atom stereocenters. The molecule has 0 bridgehead atoms. The second-order valence-electron chi connectivity index (χ2n) is 11.5. The largest absolute Gasteiger partial charge is 0.469 e. The van der Waals surface area contributed by atoms with Gasteiger partial charge in [-0.15, -0.1) is 0 Å². The fraction of sp³-hybridized carbons (Fsp3) is 0.500. The summed E-state index contributed by atoms with van der Waals surface area (Å²) in [5.74, 6) is -1.60. The summed E-state index contributed by atoms with van der Waals surface area (Å²) in [6.45, 7) is 4.49. The first-order chi connectivity index (χ1) is 21.9. The molecule has 14 heteroatoms. The number of benzene rings is 2. The zero-order chi connectivity index (χ0) is 33.7. The maximum atomic E-state index is 13.7. The number of hydrogen-bond donors (Lipinski definition) is 4. The van der Waals surface area contributed by atoms with E-state index in [2.05, 4.69) is 16.0 Å². The number of hydrogen-bond acceptors (Lipinski definition) is 11. The summed E-state index contributed by atoms with van der Waals surface area (Å²) in [7, 11) is 2.50. The smallest absolute Gasteiger partial charge is 0.408 e. The van der Waals surface area contributed by atoms with Gasteiger partial charge in [0.1, 0.15) is 36.5 Å². The molecule has 1 aliphatic rings. The van der Waals surface area contributed by atoms with Crippen LogP contribution >= 0.6 is 0 Å². The van der Waals surface area contributed by atoms with E-state index in [4.69, 9.17) is 28.4 Å². The van der Waals surface area contributed by atoms with Crippen molar-refractivity contribution in [1.82, 2.24) is 16.0 Å². The van der Waals surface area contributed by atoms with E-state index >= 15 is 0 Å². The average Bonchev–Trinajstić information content (AvgIpc) is 3.03. The molecule has 2 aromatic rings. The van der Waals surface area contributed by atoms with Crippen molar-refractivity contribution in [3.05, 3.63) is 71.8 Å². The number of aliphatic hydroxyl groups excluding tert-OH is 1. The lowest BCUT2D eigenvalue weighted by Gasteiger charge is -2.46. The van der Waals surface area contributed by atoms with Crippen molar-refractivity contribution in [3.8, 4) is 0 Å². The number of aliphatic hydroxyl groups is 1. The zero-order valence-corrected chi connectivity index (χ0v) is 26.6. The third kappa shape index (κ3) is 11.3. The molecule has 0 saturated carbocycles. The van der Waals surface area contributed by atoms with Crippen LogP contribution in [0.25, 0.3) is 0 Å². The molecule has 14 nitrogen and oxygen atoms in total. The highest BCUT2D eigenvalue weighted by Gasteiger charge is 2.49. The fourth-order valence-electron chi connectivity index (χ4n) is 4.66. The molecule has 3 amide bonds. The van der Waals surface area contributed by atoms with Crippen molar-refractivity contribution in [2.75, 3.05) is 20.8 Å². The Balaban J connectivity index is 1.87. The van der Waals surface area contributed by atoms with Crippen LogP contribution in [0.3, 0.4) is 0 Å². The molecule has 1 fully saturated rings. The van der Waals surface area contributed by atoms with E-state index in [0.717, 1.165) is 12.7 Å². The molecule has 0 spiro atoms. The minimum Gasteiger partial charge on any atom is -0.469 e. The van der Waals surface area contributed by atoms with Crippen LogP contribution in [0.5, 0.6) is 0 Å². The van der Waals surface area contributed by atoms with Crippen LogP contribution in [0, 0.1) is 0 Å². The van der Waals surface area contributed by atoms with Gasteiger partial charge < -0.3 is 49.5 Å². The van der Waals surface area contributed by atoms with E-state index in [1.54, 1.807) is 45.0 Å². The van der Waals surface area contributed by atoms with Crippen molar-refractivity contribution in [1.29, 1.82) is 0 Å². The summed E-state index contributed by atoms with van der Waals surface area (Å²) in [6.07, 6.45) is -5.54. The molecule has 1 saturated heterocycles. The number of carbonyl (C=O) groups excluding carboxylic acids is 4. The number of amides is 3. The Morgan fingerprint density at radius 2 is 1.48 bits per heavy atom. The lowest BCUT2D eigenvalue weighted by molar-refractivity contribution is -0.245. The van der Waals surface area contributed by atoms with Crippen molar-refractivity contribution in [3.63, 3.8) is 0 Å². The Labute approximate surface area is 268 Å². The van der Waals surface area contributed by atoms with Crippen LogP contribution < -0.4 is 16.0 Å². The van der Waals surface area contributed by atoms with E-state index in [-0.39, 0.29) is 13.2 Å². The van der Waals surface area contributed by atoms with E-state index in [1.807, 2.05) is 36.4 Å². The maximum Gasteiger partial charge on any atom is 0.408 e. The Morgan fingerprint density at radius 1 is 0.870 bits per heavy atom. The molecule has 0 aliphatic carbocycles. The number of carbonyl (C=O) groups is 4. The van der Waals surface area contributed by atoms with Gasteiger partial charge in [0.05, 0.1) is 32.8 Å². The highest BCUT2D eigenvalue weighted by molar-refractivity contribution is 5.89. The summed E-state index contributed by atoms with van der Waals surface area (Å²) in [5, 5.41) is 18.1. The molecule has 4 N–H and O–H groups in total. The van der Waals surface area contributed by atoms with Crippen molar-refractivity contribution in [2.45, 2.75) is 82.6 Å². The van der Waals surface area contributed by atoms with Crippen molar-refractivity contribution < 1.29 is 52.7 Å². The summed E-state index contributed by atoms with van der Waals surface area (Å²) in [6, 6.07) is 14.5. The van der Waals surface area contributed by atoms with E-state index in [0.29, 0.717) is 5.56 Å². The molecule has 2 aromatic carbocycles. The molecule has 46 heavy (non-hydrogen) atoms. The van der Waals surface area contributed by atoms with Gasteiger partial charge in [0.15, 0.2) is 6.29 Å². The lowest BCUT2D eigenvalue weighted by atomic mass is 9.93. The predicted molar refractivity (Wildman–Crippen MR) is 163 cm³/mol. The van der Waals surface area contributed by atoms with Crippen molar-refractivity contribution in [2.24, 2.45) is 0 Å². The number of ether oxygens (including phenoxy) is 6. The Morgan fingerprint density at radius 3 is 2.02 bits per heavy atom. The lowest BCUT2D eigenvalue weighted by Crippen LogP contribution is -2.70. The van der Waals surface area contributed by atoms with E-state index in [1.165, 1.54) is 7.11 Å². The first-order valence-electron chi connectivity index (χ1n) is 14.7.